The molecule has 6 heteroatoms. The van der Waals surface area contributed by atoms with Gasteiger partial charge in [0, 0.05) is 16.8 Å². The van der Waals surface area contributed by atoms with Gasteiger partial charge in [-0.1, -0.05) is 11.8 Å². The second-order valence-corrected chi connectivity index (χ2v) is 11.7. The van der Waals surface area contributed by atoms with Crippen LogP contribution in [0.5, 0.6) is 0 Å². The van der Waals surface area contributed by atoms with Crippen LogP contribution in [0, 0.1) is 23.2 Å². The lowest BCUT2D eigenvalue weighted by Gasteiger charge is -2.56. The molecule has 0 unspecified atom stereocenters. The lowest BCUT2D eigenvalue weighted by Crippen LogP contribution is -2.51. The van der Waals surface area contributed by atoms with Crippen molar-refractivity contribution in [3.8, 4) is 0 Å². The Morgan fingerprint density at radius 2 is 1.89 bits per heavy atom. The molecule has 2 aromatic heterocycles. The Balaban J connectivity index is 1.11. The highest BCUT2D eigenvalue weighted by Gasteiger charge is 2.50. The van der Waals surface area contributed by atoms with Crippen LogP contribution in [0.25, 0.3) is 10.2 Å². The summed E-state index contributed by atoms with van der Waals surface area (Å²) in [5, 5.41) is 5.52. The number of thioether (sulfide) groups is 1. The molecule has 4 saturated carbocycles. The van der Waals surface area contributed by atoms with E-state index in [4.69, 9.17) is 0 Å². The molecule has 2 aromatic rings. The minimum absolute atomic E-state index is 0.166. The molecule has 1 amide bonds. The number of hydrogen-bond donors (Lipinski definition) is 1. The zero-order chi connectivity index (χ0) is 18.7. The number of carbonyl (C=O) groups excluding carboxylic acids is 1. The van der Waals surface area contributed by atoms with Crippen LogP contribution in [0.4, 0.5) is 0 Å². The largest absolute Gasteiger partial charge is 0.355 e. The second-order valence-electron chi connectivity index (χ2n) is 9.70. The van der Waals surface area contributed by atoms with E-state index in [1.54, 1.807) is 18.1 Å². The van der Waals surface area contributed by atoms with Gasteiger partial charge in [0.25, 0.3) is 0 Å². The van der Waals surface area contributed by atoms with Crippen LogP contribution in [0.1, 0.15) is 55.4 Å². The third-order valence-corrected chi connectivity index (χ3v) is 9.82. The van der Waals surface area contributed by atoms with E-state index >= 15 is 0 Å². The third-order valence-electron chi connectivity index (χ3n) is 7.63. The number of amides is 1. The average Bonchev–Trinajstić information content (AvgIpc) is 3.25. The topological polar surface area (TPSA) is 54.9 Å². The number of nitrogens with zero attached hydrogens (tertiary/aromatic N) is 2. The zero-order valence-electron chi connectivity index (χ0n) is 16.2. The second kappa shape index (κ2) is 6.69. The van der Waals surface area contributed by atoms with Crippen molar-refractivity contribution in [3.63, 3.8) is 0 Å². The summed E-state index contributed by atoms with van der Waals surface area (Å²) < 4.78 is 0. The first-order valence-electron chi connectivity index (χ1n) is 10.8. The minimum atomic E-state index is 0.166. The standard InChI is InChI=1S/C22H27N3OS2/c26-18(23-11-22-7-13-4-14(8-22)6-15(5-13)9-22)10-27-20-19-16-2-1-3-17(16)28-21(19)25-12-24-20/h12-15H,1-11H2,(H,23,26). The molecule has 5 aliphatic rings. The van der Waals surface area contributed by atoms with Crippen molar-refractivity contribution in [1.29, 1.82) is 0 Å². The molecule has 5 aliphatic carbocycles. The average molecular weight is 414 g/mol. The molecular weight excluding hydrogens is 386 g/mol. The predicted molar refractivity (Wildman–Crippen MR) is 114 cm³/mol. The molecule has 28 heavy (non-hydrogen) atoms. The Kier molecular flexibility index (Phi) is 4.23. The third kappa shape index (κ3) is 2.98. The summed E-state index contributed by atoms with van der Waals surface area (Å²) in [4.78, 5) is 24.2. The molecule has 0 saturated heterocycles. The van der Waals surface area contributed by atoms with Crippen molar-refractivity contribution >= 4 is 39.2 Å². The van der Waals surface area contributed by atoms with E-state index in [0.29, 0.717) is 11.2 Å². The zero-order valence-corrected chi connectivity index (χ0v) is 17.8. The quantitative estimate of drug-likeness (QED) is 0.575. The lowest BCUT2D eigenvalue weighted by molar-refractivity contribution is -0.120. The number of nitrogens with one attached hydrogen (secondary N) is 1. The van der Waals surface area contributed by atoms with Gasteiger partial charge in [-0.3, -0.25) is 4.79 Å². The van der Waals surface area contributed by atoms with Crippen LogP contribution < -0.4 is 5.32 Å². The van der Waals surface area contributed by atoms with E-state index in [1.165, 1.54) is 67.2 Å². The summed E-state index contributed by atoms with van der Waals surface area (Å²) in [7, 11) is 0. The van der Waals surface area contributed by atoms with E-state index < -0.39 is 0 Å². The van der Waals surface area contributed by atoms with Crippen LogP contribution in [-0.4, -0.2) is 28.2 Å². The fraction of sp³-hybridized carbons (Fsp3) is 0.682. The highest BCUT2D eigenvalue weighted by atomic mass is 32.2. The van der Waals surface area contributed by atoms with Crippen LogP contribution >= 0.6 is 23.1 Å². The summed E-state index contributed by atoms with van der Waals surface area (Å²) in [6.45, 7) is 0.892. The van der Waals surface area contributed by atoms with Gasteiger partial charge in [-0.05, 0) is 86.5 Å². The van der Waals surface area contributed by atoms with Crippen molar-refractivity contribution in [2.24, 2.45) is 23.2 Å². The van der Waals surface area contributed by atoms with Crippen molar-refractivity contribution in [1.82, 2.24) is 15.3 Å². The summed E-state index contributed by atoms with van der Waals surface area (Å²) in [6, 6.07) is 0. The van der Waals surface area contributed by atoms with Gasteiger partial charge in [0.05, 0.1) is 5.75 Å². The summed E-state index contributed by atoms with van der Waals surface area (Å²) in [5.41, 5.74) is 1.85. The lowest BCUT2D eigenvalue weighted by atomic mass is 9.49. The number of aromatic nitrogens is 2. The normalized spacial score (nSPS) is 32.8. The molecule has 148 valence electrons. The van der Waals surface area contributed by atoms with Gasteiger partial charge < -0.3 is 5.32 Å². The number of hydrogen-bond acceptors (Lipinski definition) is 5. The highest BCUT2D eigenvalue weighted by molar-refractivity contribution is 8.00. The number of aryl methyl sites for hydroxylation is 2. The minimum Gasteiger partial charge on any atom is -0.355 e. The smallest absolute Gasteiger partial charge is 0.230 e. The van der Waals surface area contributed by atoms with E-state index in [1.807, 2.05) is 11.3 Å². The number of rotatable bonds is 5. The molecule has 2 heterocycles. The molecule has 0 radical (unpaired) electrons. The van der Waals surface area contributed by atoms with E-state index in [2.05, 4.69) is 15.3 Å². The molecule has 0 aliphatic heterocycles. The van der Waals surface area contributed by atoms with Crippen LogP contribution in [-0.2, 0) is 17.6 Å². The maximum absolute atomic E-state index is 12.6. The first-order chi connectivity index (χ1) is 13.7. The van der Waals surface area contributed by atoms with Crippen LogP contribution in [0.15, 0.2) is 11.4 Å². The van der Waals surface area contributed by atoms with Crippen molar-refractivity contribution in [3.05, 3.63) is 16.8 Å². The summed E-state index contributed by atoms with van der Waals surface area (Å²) >= 11 is 3.40. The van der Waals surface area contributed by atoms with E-state index in [0.717, 1.165) is 40.6 Å². The van der Waals surface area contributed by atoms with Gasteiger partial charge in [-0.15, -0.1) is 11.3 Å². The summed E-state index contributed by atoms with van der Waals surface area (Å²) in [5.74, 6) is 3.44. The van der Waals surface area contributed by atoms with Gasteiger partial charge in [0.2, 0.25) is 5.91 Å². The molecule has 1 N–H and O–H groups in total. The van der Waals surface area contributed by atoms with Crippen molar-refractivity contribution in [2.45, 2.75) is 62.8 Å². The monoisotopic (exact) mass is 413 g/mol. The Morgan fingerprint density at radius 3 is 2.64 bits per heavy atom. The van der Waals surface area contributed by atoms with Crippen LogP contribution in [0.2, 0.25) is 0 Å². The highest BCUT2D eigenvalue weighted by Crippen LogP contribution is 2.59. The predicted octanol–water partition coefficient (Wildman–Crippen LogP) is 4.60. The molecule has 4 bridgehead atoms. The molecule has 0 atom stereocenters. The fourth-order valence-electron chi connectivity index (χ4n) is 6.99. The molecule has 0 spiro atoms. The van der Waals surface area contributed by atoms with E-state index in [9.17, 15) is 4.79 Å². The Morgan fingerprint density at radius 1 is 1.14 bits per heavy atom. The van der Waals surface area contributed by atoms with Gasteiger partial charge in [-0.2, -0.15) is 0 Å². The number of carbonyl (C=O) groups is 1. The molecule has 4 nitrogen and oxygen atoms in total. The SMILES string of the molecule is O=C(CSc1ncnc2sc3c(c12)CCC3)NCC12CC3CC(CC(C3)C1)C2. The van der Waals surface area contributed by atoms with Gasteiger partial charge >= 0.3 is 0 Å². The maximum Gasteiger partial charge on any atom is 0.230 e. The van der Waals surface area contributed by atoms with Gasteiger partial charge in [0.15, 0.2) is 0 Å². The van der Waals surface area contributed by atoms with Crippen molar-refractivity contribution < 1.29 is 4.79 Å². The Labute approximate surface area is 174 Å². The molecule has 7 rings (SSSR count). The number of thiophene rings is 1. The Bertz CT molecular complexity index is 902. The molecular formula is C22H27N3OS2. The first kappa shape index (κ1) is 17.7. The first-order valence-corrected chi connectivity index (χ1v) is 12.6. The van der Waals surface area contributed by atoms with Gasteiger partial charge in [0.1, 0.15) is 16.2 Å². The fourth-order valence-corrected chi connectivity index (χ4v) is 9.14. The van der Waals surface area contributed by atoms with Crippen LogP contribution in [0.3, 0.4) is 0 Å². The molecule has 0 aromatic carbocycles. The Hall–Kier alpha value is -1.14. The number of fused-ring (bicyclic) bond motifs is 3. The molecule has 4 fully saturated rings. The van der Waals surface area contributed by atoms with E-state index in [-0.39, 0.29) is 5.91 Å². The summed E-state index contributed by atoms with van der Waals surface area (Å²) in [6.07, 6.45) is 13.6. The van der Waals surface area contributed by atoms with Gasteiger partial charge in [-0.25, -0.2) is 9.97 Å². The van der Waals surface area contributed by atoms with Crippen molar-refractivity contribution in [2.75, 3.05) is 12.3 Å². The maximum atomic E-state index is 12.6.